The smallest absolute Gasteiger partial charge is 0.240 e. The minimum Gasteiger partial charge on any atom is -0.351 e. The van der Waals surface area contributed by atoms with E-state index in [1.807, 2.05) is 13.1 Å². The van der Waals surface area contributed by atoms with Crippen LogP contribution in [0.25, 0.3) is 0 Å². The molecule has 0 aliphatic carbocycles. The van der Waals surface area contributed by atoms with Crippen molar-refractivity contribution in [3.8, 4) is 6.07 Å². The first-order valence-corrected chi connectivity index (χ1v) is 6.92. The molecule has 20 heavy (non-hydrogen) atoms. The first-order chi connectivity index (χ1) is 9.55. The van der Waals surface area contributed by atoms with Crippen LogP contribution in [0.4, 0.5) is 0 Å². The highest BCUT2D eigenvalue weighted by Crippen LogP contribution is 2.30. The molecule has 2 heterocycles. The lowest BCUT2D eigenvalue weighted by Crippen LogP contribution is -2.47. The largest absolute Gasteiger partial charge is 0.351 e. The fraction of sp³-hybridized carbons (Fsp3) is 0.500. The fourth-order valence-electron chi connectivity index (χ4n) is 2.25. The first-order valence-electron chi connectivity index (χ1n) is 6.54. The van der Waals surface area contributed by atoms with Crippen LogP contribution in [0.15, 0.2) is 18.3 Å². The van der Waals surface area contributed by atoms with Crippen molar-refractivity contribution in [1.29, 1.82) is 5.26 Å². The van der Waals surface area contributed by atoms with Gasteiger partial charge in [0.1, 0.15) is 10.6 Å². The van der Waals surface area contributed by atoms with Crippen molar-refractivity contribution in [2.75, 3.05) is 20.1 Å². The zero-order valence-electron chi connectivity index (χ0n) is 11.4. The van der Waals surface area contributed by atoms with Crippen molar-refractivity contribution < 1.29 is 4.79 Å². The molecule has 1 N–H and O–H groups in total. The highest BCUT2D eigenvalue weighted by Gasteiger charge is 2.40. The van der Waals surface area contributed by atoms with Crippen LogP contribution in [-0.4, -0.2) is 35.9 Å². The number of pyridine rings is 1. The Balaban J connectivity index is 1.96. The maximum absolute atomic E-state index is 12.3. The molecule has 1 amide bonds. The van der Waals surface area contributed by atoms with E-state index in [1.54, 1.807) is 12.3 Å². The van der Waals surface area contributed by atoms with Gasteiger partial charge in [-0.3, -0.25) is 4.79 Å². The molecule has 1 fully saturated rings. The summed E-state index contributed by atoms with van der Waals surface area (Å²) in [6, 6.07) is 5.70. The summed E-state index contributed by atoms with van der Waals surface area (Å²) < 4.78 is 0. The second-order valence-electron chi connectivity index (χ2n) is 5.17. The predicted molar refractivity (Wildman–Crippen MR) is 75.9 cm³/mol. The first kappa shape index (κ1) is 14.8. The summed E-state index contributed by atoms with van der Waals surface area (Å²) in [7, 11) is 2.00. The van der Waals surface area contributed by atoms with Crippen LogP contribution in [0, 0.1) is 16.7 Å². The van der Waals surface area contributed by atoms with Gasteiger partial charge in [0.25, 0.3) is 0 Å². The van der Waals surface area contributed by atoms with Crippen LogP contribution >= 0.6 is 11.6 Å². The summed E-state index contributed by atoms with van der Waals surface area (Å²) in [6.07, 6.45) is 2.77. The maximum Gasteiger partial charge on any atom is 0.240 e. The number of nitriles is 1. The number of carbonyl (C=O) groups excluding carboxylic acids is 1. The Morgan fingerprint density at radius 1 is 1.55 bits per heavy atom. The zero-order chi connectivity index (χ0) is 14.6. The van der Waals surface area contributed by atoms with Gasteiger partial charge in [-0.25, -0.2) is 4.98 Å². The average Bonchev–Trinajstić information content (AvgIpc) is 2.47. The Labute approximate surface area is 123 Å². The molecule has 5 nitrogen and oxygen atoms in total. The summed E-state index contributed by atoms with van der Waals surface area (Å²) in [6.45, 7) is 1.90. The summed E-state index contributed by atoms with van der Waals surface area (Å²) in [5.74, 6) is -0.192. The van der Waals surface area contributed by atoms with Crippen LogP contribution in [0.5, 0.6) is 0 Å². The predicted octanol–water partition coefficient (Wildman–Crippen LogP) is 1.59. The van der Waals surface area contributed by atoms with Gasteiger partial charge < -0.3 is 10.2 Å². The normalized spacial score (nSPS) is 18.2. The molecule has 1 aromatic heterocycles. The van der Waals surface area contributed by atoms with E-state index in [4.69, 9.17) is 11.6 Å². The van der Waals surface area contributed by atoms with Crippen molar-refractivity contribution in [3.05, 3.63) is 29.0 Å². The van der Waals surface area contributed by atoms with Crippen molar-refractivity contribution in [1.82, 2.24) is 15.2 Å². The molecule has 6 heteroatoms. The third kappa shape index (κ3) is 3.27. The van der Waals surface area contributed by atoms with E-state index in [9.17, 15) is 10.1 Å². The molecule has 2 rings (SSSR count). The number of nitrogens with one attached hydrogen (secondary N) is 1. The van der Waals surface area contributed by atoms with Gasteiger partial charge in [-0.05, 0) is 44.6 Å². The van der Waals surface area contributed by atoms with Crippen LogP contribution in [0.2, 0.25) is 5.15 Å². The minimum atomic E-state index is -0.896. The number of rotatable bonds is 3. The molecule has 0 atom stereocenters. The van der Waals surface area contributed by atoms with Gasteiger partial charge in [0.2, 0.25) is 5.91 Å². The van der Waals surface area contributed by atoms with Crippen molar-refractivity contribution in [3.63, 3.8) is 0 Å². The number of amides is 1. The summed E-state index contributed by atoms with van der Waals surface area (Å²) in [4.78, 5) is 18.4. The molecule has 1 aliphatic heterocycles. The van der Waals surface area contributed by atoms with Crippen LogP contribution in [0.3, 0.4) is 0 Å². The third-order valence-corrected chi connectivity index (χ3v) is 3.95. The molecular weight excluding hydrogens is 276 g/mol. The lowest BCUT2D eigenvalue weighted by atomic mass is 9.79. The Hall–Kier alpha value is -1.64. The number of carbonyl (C=O) groups is 1. The van der Waals surface area contributed by atoms with Gasteiger partial charge in [0, 0.05) is 12.7 Å². The molecule has 1 aromatic rings. The molecule has 0 spiro atoms. The van der Waals surface area contributed by atoms with E-state index in [-0.39, 0.29) is 5.91 Å². The third-order valence-electron chi connectivity index (χ3n) is 3.73. The number of piperidine rings is 1. The summed E-state index contributed by atoms with van der Waals surface area (Å²) in [5, 5.41) is 12.6. The van der Waals surface area contributed by atoms with E-state index in [0.717, 1.165) is 18.7 Å². The highest BCUT2D eigenvalue weighted by molar-refractivity contribution is 6.29. The molecule has 0 bridgehead atoms. The van der Waals surface area contributed by atoms with E-state index in [1.165, 1.54) is 0 Å². The summed E-state index contributed by atoms with van der Waals surface area (Å²) in [5.41, 5.74) is -0.0319. The van der Waals surface area contributed by atoms with Gasteiger partial charge >= 0.3 is 0 Å². The molecule has 0 saturated carbocycles. The average molecular weight is 293 g/mol. The molecule has 0 unspecified atom stereocenters. The standard InChI is InChI=1S/C14H17ClN4O/c1-19-6-4-14(10-16,5-7-19)13(20)18-9-11-2-3-12(15)17-8-11/h2-3,8H,4-7,9H2,1H3,(H,18,20). The van der Waals surface area contributed by atoms with Gasteiger partial charge in [0.15, 0.2) is 0 Å². The Morgan fingerprint density at radius 3 is 2.80 bits per heavy atom. The topological polar surface area (TPSA) is 69.0 Å². The lowest BCUT2D eigenvalue weighted by Gasteiger charge is -2.34. The van der Waals surface area contributed by atoms with Crippen molar-refractivity contribution >= 4 is 17.5 Å². The Kier molecular flexibility index (Phi) is 4.58. The highest BCUT2D eigenvalue weighted by atomic mass is 35.5. The van der Waals surface area contributed by atoms with Crippen LogP contribution < -0.4 is 5.32 Å². The number of hydrogen-bond donors (Lipinski definition) is 1. The fourth-order valence-corrected chi connectivity index (χ4v) is 2.36. The molecule has 0 radical (unpaired) electrons. The molecule has 0 aromatic carbocycles. The molecule has 1 saturated heterocycles. The van der Waals surface area contributed by atoms with E-state index < -0.39 is 5.41 Å². The lowest BCUT2D eigenvalue weighted by molar-refractivity contribution is -0.130. The molecule has 1 aliphatic rings. The SMILES string of the molecule is CN1CCC(C#N)(C(=O)NCc2ccc(Cl)nc2)CC1. The van der Waals surface area contributed by atoms with Gasteiger partial charge in [-0.1, -0.05) is 17.7 Å². The van der Waals surface area contributed by atoms with Gasteiger partial charge in [-0.15, -0.1) is 0 Å². The van der Waals surface area contributed by atoms with Gasteiger partial charge in [0.05, 0.1) is 6.07 Å². The maximum atomic E-state index is 12.3. The molecular formula is C14H17ClN4O. The zero-order valence-corrected chi connectivity index (χ0v) is 12.2. The van der Waals surface area contributed by atoms with Crippen LogP contribution in [-0.2, 0) is 11.3 Å². The number of halogens is 1. The Bertz CT molecular complexity index is 515. The van der Waals surface area contributed by atoms with Gasteiger partial charge in [-0.2, -0.15) is 5.26 Å². The van der Waals surface area contributed by atoms with E-state index in [2.05, 4.69) is 21.3 Å². The summed E-state index contributed by atoms with van der Waals surface area (Å²) >= 11 is 5.71. The van der Waals surface area contributed by atoms with Crippen molar-refractivity contribution in [2.24, 2.45) is 5.41 Å². The number of nitrogens with zero attached hydrogens (tertiary/aromatic N) is 3. The molecule has 106 valence electrons. The van der Waals surface area contributed by atoms with E-state index >= 15 is 0 Å². The van der Waals surface area contributed by atoms with E-state index in [0.29, 0.717) is 24.5 Å². The van der Waals surface area contributed by atoms with Crippen LogP contribution in [0.1, 0.15) is 18.4 Å². The number of aromatic nitrogens is 1. The quantitative estimate of drug-likeness (QED) is 0.859. The number of hydrogen-bond acceptors (Lipinski definition) is 4. The minimum absolute atomic E-state index is 0.192. The Morgan fingerprint density at radius 2 is 2.25 bits per heavy atom. The monoisotopic (exact) mass is 292 g/mol. The number of likely N-dealkylation sites (tertiary alicyclic amines) is 1. The second-order valence-corrected chi connectivity index (χ2v) is 5.56. The second kappa shape index (κ2) is 6.21. The van der Waals surface area contributed by atoms with Crippen molar-refractivity contribution in [2.45, 2.75) is 19.4 Å².